The number of carbonyl (C=O) groups excluding carboxylic acids is 1. The van der Waals surface area contributed by atoms with E-state index in [0.29, 0.717) is 10.7 Å². The molecule has 3 nitrogen and oxygen atoms in total. The van der Waals surface area contributed by atoms with Crippen molar-refractivity contribution < 1.29 is 22.7 Å². The van der Waals surface area contributed by atoms with Crippen molar-refractivity contribution in [2.45, 2.75) is 13.3 Å². The van der Waals surface area contributed by atoms with Crippen molar-refractivity contribution in [1.82, 2.24) is 0 Å². The van der Waals surface area contributed by atoms with Crippen LogP contribution in [0.25, 0.3) is 0 Å². The number of nitrogens with one attached hydrogen (secondary N) is 1. The molecule has 1 amide bonds. The van der Waals surface area contributed by atoms with Gasteiger partial charge in [0.1, 0.15) is 5.75 Å². The number of rotatable bonds is 3. The molecule has 116 valence electrons. The lowest BCUT2D eigenvalue weighted by Gasteiger charge is -2.10. The van der Waals surface area contributed by atoms with E-state index in [1.807, 2.05) is 0 Å². The van der Waals surface area contributed by atoms with Gasteiger partial charge in [-0.2, -0.15) is 0 Å². The van der Waals surface area contributed by atoms with Crippen LogP contribution in [0, 0.1) is 6.92 Å². The predicted molar refractivity (Wildman–Crippen MR) is 77.3 cm³/mol. The molecule has 0 aromatic heterocycles. The van der Waals surface area contributed by atoms with Gasteiger partial charge in [0, 0.05) is 16.3 Å². The Morgan fingerprint density at radius 2 is 1.77 bits per heavy atom. The van der Waals surface area contributed by atoms with Crippen LogP contribution < -0.4 is 10.1 Å². The first kappa shape index (κ1) is 16.2. The molecule has 0 bridgehead atoms. The monoisotopic (exact) mass is 329 g/mol. The van der Waals surface area contributed by atoms with Gasteiger partial charge in [-0.15, -0.1) is 13.2 Å². The number of aryl methyl sites for hydroxylation is 1. The van der Waals surface area contributed by atoms with Crippen molar-refractivity contribution >= 4 is 23.2 Å². The molecule has 0 unspecified atom stereocenters. The van der Waals surface area contributed by atoms with Crippen LogP contribution in [0.5, 0.6) is 5.75 Å². The number of anilines is 1. The third-order valence-electron chi connectivity index (χ3n) is 2.79. The summed E-state index contributed by atoms with van der Waals surface area (Å²) in [4.78, 5) is 12.0. The third kappa shape index (κ3) is 4.39. The van der Waals surface area contributed by atoms with E-state index in [1.165, 1.54) is 12.1 Å². The maximum atomic E-state index is 12.1. The summed E-state index contributed by atoms with van der Waals surface area (Å²) in [7, 11) is 0. The second-order valence-corrected chi connectivity index (χ2v) is 4.92. The van der Waals surface area contributed by atoms with Gasteiger partial charge in [0.15, 0.2) is 0 Å². The Labute approximate surface area is 129 Å². The summed E-state index contributed by atoms with van der Waals surface area (Å²) in [6.45, 7) is 1.78. The minimum Gasteiger partial charge on any atom is -0.406 e. The van der Waals surface area contributed by atoms with E-state index in [0.717, 1.165) is 17.7 Å². The molecule has 0 spiro atoms. The molecule has 2 rings (SSSR count). The molecule has 0 saturated carbocycles. The van der Waals surface area contributed by atoms with Gasteiger partial charge in [0.2, 0.25) is 0 Å². The highest BCUT2D eigenvalue weighted by Gasteiger charge is 2.31. The molecule has 2 aromatic carbocycles. The SMILES string of the molecule is Cc1cc(Cl)ccc1NC(=O)c1ccc(OC(F)(F)F)cc1. The highest BCUT2D eigenvalue weighted by molar-refractivity contribution is 6.30. The summed E-state index contributed by atoms with van der Waals surface area (Å²) >= 11 is 5.82. The molecule has 0 saturated heterocycles. The van der Waals surface area contributed by atoms with E-state index in [1.54, 1.807) is 25.1 Å². The Hall–Kier alpha value is -2.21. The van der Waals surface area contributed by atoms with E-state index < -0.39 is 12.3 Å². The van der Waals surface area contributed by atoms with Crippen molar-refractivity contribution in [2.75, 3.05) is 5.32 Å². The Kier molecular flexibility index (Phi) is 4.61. The van der Waals surface area contributed by atoms with Crippen LogP contribution >= 0.6 is 11.6 Å². The maximum absolute atomic E-state index is 12.1. The number of alkyl halides is 3. The smallest absolute Gasteiger partial charge is 0.406 e. The molecule has 1 N–H and O–H groups in total. The Bertz CT molecular complexity index is 684. The highest BCUT2D eigenvalue weighted by atomic mass is 35.5. The summed E-state index contributed by atoms with van der Waals surface area (Å²) < 4.78 is 39.9. The van der Waals surface area contributed by atoms with Crippen molar-refractivity contribution in [3.8, 4) is 5.75 Å². The maximum Gasteiger partial charge on any atom is 0.573 e. The van der Waals surface area contributed by atoms with Crippen LogP contribution in [-0.4, -0.2) is 12.3 Å². The quantitative estimate of drug-likeness (QED) is 0.878. The molecule has 0 radical (unpaired) electrons. The zero-order valence-electron chi connectivity index (χ0n) is 11.4. The summed E-state index contributed by atoms with van der Waals surface area (Å²) in [6, 6.07) is 9.64. The van der Waals surface area contributed by atoms with Gasteiger partial charge in [0.25, 0.3) is 5.91 Å². The topological polar surface area (TPSA) is 38.3 Å². The highest BCUT2D eigenvalue weighted by Crippen LogP contribution is 2.24. The van der Waals surface area contributed by atoms with Crippen molar-refractivity contribution in [3.63, 3.8) is 0 Å². The number of halogens is 4. The second-order valence-electron chi connectivity index (χ2n) is 4.49. The Morgan fingerprint density at radius 3 is 2.32 bits per heavy atom. The number of carbonyl (C=O) groups is 1. The lowest BCUT2D eigenvalue weighted by molar-refractivity contribution is -0.274. The molecule has 0 aliphatic carbocycles. The number of ether oxygens (including phenoxy) is 1. The van der Waals surface area contributed by atoms with Gasteiger partial charge in [-0.05, 0) is 55.0 Å². The fourth-order valence-corrected chi connectivity index (χ4v) is 2.00. The van der Waals surface area contributed by atoms with Crippen LogP contribution in [0.4, 0.5) is 18.9 Å². The minimum atomic E-state index is -4.76. The minimum absolute atomic E-state index is 0.212. The molecule has 0 heterocycles. The molecule has 0 fully saturated rings. The van der Waals surface area contributed by atoms with Crippen molar-refractivity contribution in [2.24, 2.45) is 0 Å². The zero-order chi connectivity index (χ0) is 16.3. The second kappa shape index (κ2) is 6.27. The lowest BCUT2D eigenvalue weighted by atomic mass is 10.1. The molecule has 0 aliphatic heterocycles. The van der Waals surface area contributed by atoms with Crippen molar-refractivity contribution in [1.29, 1.82) is 0 Å². The first-order chi connectivity index (χ1) is 10.2. The fourth-order valence-electron chi connectivity index (χ4n) is 1.77. The molecule has 2 aromatic rings. The number of hydrogen-bond acceptors (Lipinski definition) is 2. The third-order valence-corrected chi connectivity index (χ3v) is 3.02. The van der Waals surface area contributed by atoms with Crippen LogP contribution in [0.2, 0.25) is 5.02 Å². The van der Waals surface area contributed by atoms with Crippen molar-refractivity contribution in [3.05, 3.63) is 58.6 Å². The van der Waals surface area contributed by atoms with E-state index in [9.17, 15) is 18.0 Å². The summed E-state index contributed by atoms with van der Waals surface area (Å²) in [5.41, 5.74) is 1.56. The molecule has 7 heteroatoms. The first-order valence-corrected chi connectivity index (χ1v) is 6.56. The van der Waals surface area contributed by atoms with Crippen LogP contribution in [0.3, 0.4) is 0 Å². The van der Waals surface area contributed by atoms with E-state index in [4.69, 9.17) is 11.6 Å². The van der Waals surface area contributed by atoms with Gasteiger partial charge >= 0.3 is 6.36 Å². The van der Waals surface area contributed by atoms with Gasteiger partial charge in [-0.3, -0.25) is 4.79 Å². The Balaban J connectivity index is 2.10. The molecule has 0 aliphatic rings. The lowest BCUT2D eigenvalue weighted by Crippen LogP contribution is -2.17. The average Bonchev–Trinajstić information content (AvgIpc) is 2.41. The largest absolute Gasteiger partial charge is 0.573 e. The molecular formula is C15H11ClF3NO2. The summed E-state index contributed by atoms with van der Waals surface area (Å²) in [6.07, 6.45) is -4.76. The van der Waals surface area contributed by atoms with Gasteiger partial charge < -0.3 is 10.1 Å². The number of hydrogen-bond donors (Lipinski definition) is 1. The van der Waals surface area contributed by atoms with Crippen LogP contribution in [-0.2, 0) is 0 Å². The van der Waals surface area contributed by atoms with E-state index in [-0.39, 0.29) is 11.3 Å². The van der Waals surface area contributed by atoms with E-state index >= 15 is 0 Å². The van der Waals surface area contributed by atoms with Gasteiger partial charge in [0.05, 0.1) is 0 Å². The predicted octanol–water partition coefficient (Wildman–Crippen LogP) is 4.80. The normalized spacial score (nSPS) is 11.1. The number of amides is 1. The van der Waals surface area contributed by atoms with Crippen LogP contribution in [0.1, 0.15) is 15.9 Å². The average molecular weight is 330 g/mol. The molecular weight excluding hydrogens is 319 g/mol. The molecule has 0 atom stereocenters. The number of benzene rings is 2. The van der Waals surface area contributed by atoms with E-state index in [2.05, 4.69) is 10.1 Å². The fraction of sp³-hybridized carbons (Fsp3) is 0.133. The van der Waals surface area contributed by atoms with Gasteiger partial charge in [-0.1, -0.05) is 11.6 Å². The Morgan fingerprint density at radius 1 is 1.14 bits per heavy atom. The summed E-state index contributed by atoms with van der Waals surface area (Å²) in [5, 5.41) is 3.21. The van der Waals surface area contributed by atoms with Crippen LogP contribution in [0.15, 0.2) is 42.5 Å². The zero-order valence-corrected chi connectivity index (χ0v) is 12.1. The van der Waals surface area contributed by atoms with Gasteiger partial charge in [-0.25, -0.2) is 0 Å². The standard InChI is InChI=1S/C15H11ClF3NO2/c1-9-8-11(16)4-7-13(9)20-14(21)10-2-5-12(6-3-10)22-15(17,18)19/h2-8H,1H3,(H,20,21). The molecule has 22 heavy (non-hydrogen) atoms. The summed E-state index contributed by atoms with van der Waals surface area (Å²) in [5.74, 6) is -0.823. The first-order valence-electron chi connectivity index (χ1n) is 6.18.